The van der Waals surface area contributed by atoms with E-state index in [4.69, 9.17) is 9.56 Å². The normalized spacial score (nSPS) is 12.2. The van der Waals surface area contributed by atoms with Crippen molar-refractivity contribution < 1.29 is 30.7 Å². The van der Waals surface area contributed by atoms with Crippen LogP contribution in [0.15, 0.2) is 57.8 Å². The molecule has 0 aliphatic rings. The van der Waals surface area contributed by atoms with Gasteiger partial charge in [-0.25, -0.2) is 13.6 Å². The lowest BCUT2D eigenvalue weighted by Gasteiger charge is -2.08. The van der Waals surface area contributed by atoms with Gasteiger partial charge in [0.25, 0.3) is 0 Å². The molecule has 0 aliphatic carbocycles. The van der Waals surface area contributed by atoms with Crippen LogP contribution in [0.5, 0.6) is 5.75 Å². The number of sulfonamides is 1. The molecule has 3 rings (SSSR count). The molecule has 1 aromatic heterocycles. The molecule has 0 aliphatic heterocycles. The molecule has 1 heterocycles. The van der Waals surface area contributed by atoms with Crippen LogP contribution in [0.2, 0.25) is 0 Å². The van der Waals surface area contributed by atoms with Crippen molar-refractivity contribution >= 4 is 10.0 Å². The fraction of sp³-hybridized carbons (Fsp3) is 0.0667. The fourth-order valence-corrected chi connectivity index (χ4v) is 2.56. The van der Waals surface area contributed by atoms with Gasteiger partial charge in [-0.05, 0) is 48.5 Å². The molecule has 0 fully saturated rings. The summed E-state index contributed by atoms with van der Waals surface area (Å²) in [4.78, 5) is -0.0683. The Bertz CT molecular complexity index is 1010. The van der Waals surface area contributed by atoms with Gasteiger partial charge in [-0.15, -0.1) is 23.4 Å². The third-order valence-corrected chi connectivity index (χ3v) is 4.12. The van der Waals surface area contributed by atoms with E-state index in [0.717, 1.165) is 12.1 Å². The van der Waals surface area contributed by atoms with E-state index in [1.165, 1.54) is 36.4 Å². The lowest BCUT2D eigenvalue weighted by Crippen LogP contribution is -2.16. The lowest BCUT2D eigenvalue weighted by atomic mass is 10.2. The van der Waals surface area contributed by atoms with Gasteiger partial charge in [-0.3, -0.25) is 0 Å². The van der Waals surface area contributed by atoms with Crippen LogP contribution in [0.1, 0.15) is 0 Å². The molecule has 3 aromatic rings. The number of rotatable bonds is 4. The Kier molecular flexibility index (Phi) is 4.42. The zero-order valence-electron chi connectivity index (χ0n) is 12.8. The van der Waals surface area contributed by atoms with Crippen molar-refractivity contribution in [3.8, 4) is 28.7 Å². The molecule has 0 saturated carbocycles. The van der Waals surface area contributed by atoms with Crippen molar-refractivity contribution in [2.45, 2.75) is 11.3 Å². The number of nitrogens with zero attached hydrogens (tertiary/aromatic N) is 2. The molecular formula is C15H10F3N3O4S. The van der Waals surface area contributed by atoms with Crippen LogP contribution in [0, 0.1) is 0 Å². The number of alkyl halides is 3. The summed E-state index contributed by atoms with van der Waals surface area (Å²) >= 11 is 0. The van der Waals surface area contributed by atoms with Gasteiger partial charge in [0, 0.05) is 11.1 Å². The third kappa shape index (κ3) is 4.18. The van der Waals surface area contributed by atoms with E-state index in [-0.39, 0.29) is 22.4 Å². The van der Waals surface area contributed by atoms with Crippen LogP contribution in [0.3, 0.4) is 0 Å². The predicted molar refractivity (Wildman–Crippen MR) is 83.2 cm³/mol. The number of halogens is 3. The molecule has 0 amide bonds. The first-order valence-corrected chi connectivity index (χ1v) is 8.49. The predicted octanol–water partition coefficient (Wildman–Crippen LogP) is 2.95. The monoisotopic (exact) mass is 385 g/mol. The van der Waals surface area contributed by atoms with Crippen molar-refractivity contribution in [1.82, 2.24) is 10.2 Å². The van der Waals surface area contributed by atoms with Gasteiger partial charge in [0.15, 0.2) is 0 Å². The van der Waals surface area contributed by atoms with Crippen molar-refractivity contribution in [3.63, 3.8) is 0 Å². The highest BCUT2D eigenvalue weighted by Crippen LogP contribution is 2.28. The standard InChI is InChI=1S/C15H10F3N3O4S/c16-15(17,18)25-11-5-1-9(2-6-11)13-20-21-14(24-13)10-3-7-12(8-4-10)26(19,22)23/h1-8H,(H2,19,22,23). The number of hydrogen-bond donors (Lipinski definition) is 1. The Hall–Kier alpha value is -2.92. The van der Waals surface area contributed by atoms with Crippen LogP contribution in [-0.2, 0) is 10.0 Å². The van der Waals surface area contributed by atoms with E-state index < -0.39 is 16.4 Å². The largest absolute Gasteiger partial charge is 0.573 e. The molecule has 0 bridgehead atoms. The Morgan fingerprint density at radius 2 is 1.35 bits per heavy atom. The number of nitrogens with two attached hydrogens (primary N) is 1. The van der Waals surface area contributed by atoms with Crippen LogP contribution in [0.4, 0.5) is 13.2 Å². The molecule has 26 heavy (non-hydrogen) atoms. The van der Waals surface area contributed by atoms with Gasteiger partial charge < -0.3 is 9.15 Å². The van der Waals surface area contributed by atoms with Gasteiger partial charge >= 0.3 is 6.36 Å². The summed E-state index contributed by atoms with van der Waals surface area (Å²) in [5.74, 6) is -0.190. The minimum absolute atomic E-state index is 0.0683. The zero-order chi connectivity index (χ0) is 18.9. The summed E-state index contributed by atoms with van der Waals surface area (Å²) in [5, 5.41) is 12.7. The van der Waals surface area contributed by atoms with Gasteiger partial charge in [0.2, 0.25) is 21.8 Å². The molecule has 0 spiro atoms. The smallest absolute Gasteiger partial charge is 0.416 e. The average Bonchev–Trinajstić information content (AvgIpc) is 3.03. The summed E-state index contributed by atoms with van der Waals surface area (Å²) in [6.07, 6.45) is -4.78. The Labute approximate surface area is 145 Å². The van der Waals surface area contributed by atoms with Gasteiger partial charge in [-0.1, -0.05) is 0 Å². The molecule has 0 radical (unpaired) electrons. The number of ether oxygens (including phenoxy) is 1. The van der Waals surface area contributed by atoms with Crippen LogP contribution >= 0.6 is 0 Å². The second kappa shape index (κ2) is 6.42. The first-order chi connectivity index (χ1) is 12.1. The second-order valence-electron chi connectivity index (χ2n) is 5.05. The summed E-state index contributed by atoms with van der Waals surface area (Å²) in [6.45, 7) is 0. The number of primary sulfonamides is 1. The van der Waals surface area contributed by atoms with E-state index in [1.54, 1.807) is 0 Å². The van der Waals surface area contributed by atoms with Crippen LogP contribution in [-0.4, -0.2) is 25.0 Å². The lowest BCUT2D eigenvalue weighted by molar-refractivity contribution is -0.274. The highest BCUT2D eigenvalue weighted by atomic mass is 32.2. The summed E-state index contributed by atoms with van der Waals surface area (Å²) in [7, 11) is -3.82. The molecule has 2 N–H and O–H groups in total. The Balaban J connectivity index is 1.81. The molecule has 11 heteroatoms. The van der Waals surface area contributed by atoms with E-state index in [9.17, 15) is 21.6 Å². The SMILES string of the molecule is NS(=O)(=O)c1ccc(-c2nnc(-c3ccc(OC(F)(F)F)cc3)o2)cc1. The maximum atomic E-state index is 12.1. The molecule has 136 valence electrons. The van der Waals surface area contributed by atoms with Gasteiger partial charge in [0.05, 0.1) is 4.90 Å². The summed E-state index contributed by atoms with van der Waals surface area (Å²) < 4.78 is 68.1. The minimum Gasteiger partial charge on any atom is -0.416 e. The first-order valence-electron chi connectivity index (χ1n) is 6.95. The van der Waals surface area contributed by atoms with Crippen molar-refractivity contribution in [2.24, 2.45) is 5.14 Å². The third-order valence-electron chi connectivity index (χ3n) is 3.19. The maximum Gasteiger partial charge on any atom is 0.573 e. The van der Waals surface area contributed by atoms with Gasteiger partial charge in [0.1, 0.15) is 5.75 Å². The minimum atomic E-state index is -4.78. The molecule has 0 atom stereocenters. The Morgan fingerprint density at radius 1 is 0.885 bits per heavy atom. The topological polar surface area (TPSA) is 108 Å². The van der Waals surface area contributed by atoms with Crippen molar-refractivity contribution in [2.75, 3.05) is 0 Å². The van der Waals surface area contributed by atoms with Crippen molar-refractivity contribution in [1.29, 1.82) is 0 Å². The van der Waals surface area contributed by atoms with E-state index in [1.807, 2.05) is 0 Å². The summed E-state index contributed by atoms with van der Waals surface area (Å²) in [6, 6.07) is 10.4. The first kappa shape index (κ1) is 17.9. The van der Waals surface area contributed by atoms with Crippen molar-refractivity contribution in [3.05, 3.63) is 48.5 Å². The molecular weight excluding hydrogens is 375 g/mol. The quantitative estimate of drug-likeness (QED) is 0.740. The molecule has 2 aromatic carbocycles. The van der Waals surface area contributed by atoms with E-state index in [2.05, 4.69) is 14.9 Å². The average molecular weight is 385 g/mol. The fourth-order valence-electron chi connectivity index (χ4n) is 2.04. The Morgan fingerprint density at radius 3 is 1.77 bits per heavy atom. The van der Waals surface area contributed by atoms with Crippen LogP contribution in [0.25, 0.3) is 22.9 Å². The number of aromatic nitrogens is 2. The van der Waals surface area contributed by atoms with E-state index >= 15 is 0 Å². The van der Waals surface area contributed by atoms with E-state index in [0.29, 0.717) is 11.1 Å². The van der Waals surface area contributed by atoms with Gasteiger partial charge in [-0.2, -0.15) is 0 Å². The highest BCUT2D eigenvalue weighted by molar-refractivity contribution is 7.89. The molecule has 0 saturated heterocycles. The maximum absolute atomic E-state index is 12.1. The zero-order valence-corrected chi connectivity index (χ0v) is 13.6. The number of hydrogen-bond acceptors (Lipinski definition) is 6. The summed E-state index contributed by atoms with van der Waals surface area (Å²) in [5.41, 5.74) is 0.840. The number of benzene rings is 2. The second-order valence-corrected chi connectivity index (χ2v) is 6.62. The van der Waals surface area contributed by atoms with Crippen LogP contribution < -0.4 is 9.88 Å². The molecule has 7 nitrogen and oxygen atoms in total. The molecule has 0 unspecified atom stereocenters. The highest BCUT2D eigenvalue weighted by Gasteiger charge is 2.31.